The van der Waals surface area contributed by atoms with Gasteiger partial charge in [0.2, 0.25) is 0 Å². The lowest BCUT2D eigenvalue weighted by Crippen LogP contribution is -2.21. The largest absolute Gasteiger partial charge is 0.305 e. The quantitative estimate of drug-likeness (QED) is 0.851. The van der Waals surface area contributed by atoms with Crippen LogP contribution in [-0.2, 0) is 6.54 Å². The molecule has 17 heavy (non-hydrogen) atoms. The number of nitrogens with zero attached hydrogens (tertiary/aromatic N) is 4. The number of hydrogen-bond acceptors (Lipinski definition) is 5. The lowest BCUT2D eigenvalue weighted by Gasteiger charge is -2.12. The highest BCUT2D eigenvalue weighted by Gasteiger charge is 2.17. The molecule has 0 spiro atoms. The van der Waals surface area contributed by atoms with E-state index in [1.807, 2.05) is 17.1 Å². The molecule has 0 aliphatic rings. The maximum atomic E-state index is 4.35. The van der Waals surface area contributed by atoms with Gasteiger partial charge in [0.05, 0.1) is 35.9 Å². The lowest BCUT2D eigenvalue weighted by atomic mass is 10.1. The Morgan fingerprint density at radius 3 is 2.94 bits per heavy atom. The van der Waals surface area contributed by atoms with Crippen molar-refractivity contribution in [2.75, 3.05) is 6.54 Å². The zero-order chi connectivity index (χ0) is 12.1. The van der Waals surface area contributed by atoms with E-state index in [-0.39, 0.29) is 6.04 Å². The Labute approximate surface area is 105 Å². The maximum absolute atomic E-state index is 4.35. The molecule has 1 unspecified atom stereocenters. The average molecular weight is 251 g/mol. The molecule has 1 atom stereocenters. The van der Waals surface area contributed by atoms with Crippen molar-refractivity contribution in [1.29, 1.82) is 0 Å². The predicted octanol–water partition coefficient (Wildman–Crippen LogP) is 1.84. The van der Waals surface area contributed by atoms with Gasteiger partial charge in [-0.2, -0.15) is 13.8 Å². The zero-order valence-electron chi connectivity index (χ0n) is 10.1. The molecule has 2 aromatic rings. The molecule has 0 bridgehead atoms. The molecule has 5 nitrogen and oxygen atoms in total. The smallest absolute Gasteiger partial charge is 0.0958 e. The van der Waals surface area contributed by atoms with Gasteiger partial charge in [-0.1, -0.05) is 13.8 Å². The molecule has 6 heteroatoms. The topological polar surface area (TPSA) is 55.6 Å². The molecule has 0 aliphatic heterocycles. The summed E-state index contributed by atoms with van der Waals surface area (Å²) in [6.07, 6.45) is 6.89. The predicted molar refractivity (Wildman–Crippen MR) is 67.9 cm³/mol. The normalized spacial score (nSPS) is 12.8. The summed E-state index contributed by atoms with van der Waals surface area (Å²) in [5, 5.41) is 7.76. The number of aromatic nitrogens is 4. The van der Waals surface area contributed by atoms with Crippen LogP contribution in [-0.4, -0.2) is 25.1 Å². The van der Waals surface area contributed by atoms with Crippen molar-refractivity contribution in [1.82, 2.24) is 23.8 Å². The lowest BCUT2D eigenvalue weighted by molar-refractivity contribution is 0.595. The van der Waals surface area contributed by atoms with Crippen LogP contribution in [0.1, 0.15) is 37.6 Å². The minimum Gasteiger partial charge on any atom is -0.305 e. The van der Waals surface area contributed by atoms with Crippen molar-refractivity contribution >= 4 is 11.7 Å². The maximum Gasteiger partial charge on any atom is 0.0958 e. The van der Waals surface area contributed by atoms with Crippen molar-refractivity contribution in [3.8, 4) is 0 Å². The molecule has 92 valence electrons. The molecule has 0 aliphatic carbocycles. The highest BCUT2D eigenvalue weighted by Crippen LogP contribution is 2.19. The Hall–Kier alpha value is -1.27. The number of aryl methyl sites for hydroxylation is 1. The third-order valence-electron chi connectivity index (χ3n) is 2.52. The molecule has 0 amide bonds. The second kappa shape index (κ2) is 5.88. The number of rotatable bonds is 6. The van der Waals surface area contributed by atoms with E-state index in [9.17, 15) is 0 Å². The fourth-order valence-corrected chi connectivity index (χ4v) is 2.23. The summed E-state index contributed by atoms with van der Waals surface area (Å²) in [5.74, 6) is 0. The van der Waals surface area contributed by atoms with E-state index in [0.29, 0.717) is 0 Å². The molecule has 2 rings (SSSR count). The van der Waals surface area contributed by atoms with Gasteiger partial charge in [-0.25, -0.2) is 0 Å². The Bertz CT molecular complexity index is 436. The van der Waals surface area contributed by atoms with Gasteiger partial charge >= 0.3 is 0 Å². The van der Waals surface area contributed by atoms with Crippen LogP contribution in [0.2, 0.25) is 0 Å². The van der Waals surface area contributed by atoms with Crippen molar-refractivity contribution in [2.45, 2.75) is 32.9 Å². The average Bonchev–Trinajstić information content (AvgIpc) is 2.97. The van der Waals surface area contributed by atoms with Crippen LogP contribution >= 0.6 is 11.7 Å². The van der Waals surface area contributed by atoms with Crippen molar-refractivity contribution in [3.05, 3.63) is 29.8 Å². The molecule has 0 aromatic carbocycles. The molecule has 0 fully saturated rings. The SMILES string of the molecule is CCCn1cc(C(NCC)c2cnsn2)cn1. The molecule has 0 radical (unpaired) electrons. The van der Waals surface area contributed by atoms with Crippen LogP contribution in [0.5, 0.6) is 0 Å². The van der Waals surface area contributed by atoms with E-state index in [2.05, 4.69) is 39.2 Å². The van der Waals surface area contributed by atoms with Gasteiger partial charge in [-0.05, 0) is 13.0 Å². The summed E-state index contributed by atoms with van der Waals surface area (Å²) < 4.78 is 10.3. The summed E-state index contributed by atoms with van der Waals surface area (Å²) >= 11 is 1.24. The fraction of sp³-hybridized carbons (Fsp3) is 0.545. The standard InChI is InChI=1S/C11H17N5S/c1-3-5-16-8-9(6-13-16)11(12-4-2)10-7-14-17-15-10/h6-8,11-12H,3-5H2,1-2H3. The van der Waals surface area contributed by atoms with Gasteiger partial charge in [0, 0.05) is 18.3 Å². The first-order valence-electron chi connectivity index (χ1n) is 5.88. The van der Waals surface area contributed by atoms with E-state index in [0.717, 1.165) is 30.8 Å². The van der Waals surface area contributed by atoms with E-state index >= 15 is 0 Å². The van der Waals surface area contributed by atoms with Crippen LogP contribution in [0.3, 0.4) is 0 Å². The zero-order valence-corrected chi connectivity index (χ0v) is 10.9. The molecule has 1 N–H and O–H groups in total. The van der Waals surface area contributed by atoms with Crippen LogP contribution < -0.4 is 5.32 Å². The number of nitrogens with one attached hydrogen (secondary N) is 1. The molecular formula is C11H17N5S. The first-order valence-corrected chi connectivity index (χ1v) is 6.61. The van der Waals surface area contributed by atoms with E-state index in [1.54, 1.807) is 0 Å². The Morgan fingerprint density at radius 2 is 2.29 bits per heavy atom. The highest BCUT2D eigenvalue weighted by molar-refractivity contribution is 6.99. The monoisotopic (exact) mass is 251 g/mol. The van der Waals surface area contributed by atoms with Gasteiger partial charge in [-0.15, -0.1) is 0 Å². The Kier molecular flexibility index (Phi) is 4.22. The summed E-state index contributed by atoms with van der Waals surface area (Å²) in [5.41, 5.74) is 2.11. The molecule has 2 aromatic heterocycles. The molecule has 0 saturated carbocycles. The minimum absolute atomic E-state index is 0.101. The van der Waals surface area contributed by atoms with Crippen LogP contribution in [0.25, 0.3) is 0 Å². The second-order valence-corrected chi connectivity index (χ2v) is 4.42. The van der Waals surface area contributed by atoms with Gasteiger partial charge in [0.25, 0.3) is 0 Å². The third-order valence-corrected chi connectivity index (χ3v) is 3.01. The minimum atomic E-state index is 0.101. The summed E-state index contributed by atoms with van der Waals surface area (Å²) in [6.45, 7) is 6.08. The van der Waals surface area contributed by atoms with E-state index in [1.165, 1.54) is 11.7 Å². The van der Waals surface area contributed by atoms with E-state index < -0.39 is 0 Å². The van der Waals surface area contributed by atoms with Gasteiger partial charge in [0.1, 0.15) is 0 Å². The summed E-state index contributed by atoms with van der Waals surface area (Å²) in [4.78, 5) is 0. The van der Waals surface area contributed by atoms with Crippen molar-refractivity contribution in [2.24, 2.45) is 0 Å². The van der Waals surface area contributed by atoms with Crippen LogP contribution in [0.4, 0.5) is 0 Å². The van der Waals surface area contributed by atoms with Gasteiger partial charge in [-0.3, -0.25) is 4.68 Å². The van der Waals surface area contributed by atoms with Gasteiger partial charge < -0.3 is 5.32 Å². The van der Waals surface area contributed by atoms with Crippen LogP contribution in [0, 0.1) is 0 Å². The number of hydrogen-bond donors (Lipinski definition) is 1. The van der Waals surface area contributed by atoms with Crippen LogP contribution in [0.15, 0.2) is 18.6 Å². The molecule has 2 heterocycles. The summed E-state index contributed by atoms with van der Waals surface area (Å²) in [7, 11) is 0. The van der Waals surface area contributed by atoms with E-state index in [4.69, 9.17) is 0 Å². The second-order valence-electron chi connectivity index (χ2n) is 3.86. The molecule has 0 saturated heterocycles. The highest BCUT2D eigenvalue weighted by atomic mass is 32.1. The first-order chi connectivity index (χ1) is 8.35. The third kappa shape index (κ3) is 2.89. The molecular weight excluding hydrogens is 234 g/mol. The van der Waals surface area contributed by atoms with Gasteiger partial charge in [0.15, 0.2) is 0 Å². The van der Waals surface area contributed by atoms with Crippen molar-refractivity contribution < 1.29 is 0 Å². The first kappa shape index (κ1) is 12.2. The Morgan fingerprint density at radius 1 is 1.41 bits per heavy atom. The Balaban J connectivity index is 2.20. The van der Waals surface area contributed by atoms with Crippen molar-refractivity contribution in [3.63, 3.8) is 0 Å². The fourth-order valence-electron chi connectivity index (χ4n) is 1.78. The summed E-state index contributed by atoms with van der Waals surface area (Å²) in [6, 6.07) is 0.101.